The summed E-state index contributed by atoms with van der Waals surface area (Å²) < 4.78 is 40.9. The SMILES string of the molecule is Cn1nccc1C(=O)N1CC2c3cc(-c4ccc(F)cc4)ccc3S(=O)(=O)C2C1. The predicted octanol–water partition coefficient (Wildman–Crippen LogP) is 2.62. The normalized spacial score (nSPS) is 21.8. The quantitative estimate of drug-likeness (QED) is 0.650. The molecule has 1 saturated heterocycles. The maximum absolute atomic E-state index is 13.2. The zero-order valence-corrected chi connectivity index (χ0v) is 16.4. The monoisotopic (exact) mass is 411 g/mol. The van der Waals surface area contributed by atoms with Crippen LogP contribution in [0.2, 0.25) is 0 Å². The van der Waals surface area contributed by atoms with Gasteiger partial charge in [-0.2, -0.15) is 5.10 Å². The molecule has 2 atom stereocenters. The van der Waals surface area contributed by atoms with Gasteiger partial charge in [0.05, 0.1) is 10.1 Å². The number of rotatable bonds is 2. The fourth-order valence-corrected chi connectivity index (χ4v) is 6.54. The summed E-state index contributed by atoms with van der Waals surface area (Å²) in [4.78, 5) is 14.8. The van der Waals surface area contributed by atoms with Gasteiger partial charge in [0.1, 0.15) is 11.5 Å². The number of hydrogen-bond donors (Lipinski definition) is 0. The average molecular weight is 411 g/mol. The molecule has 8 heteroatoms. The predicted molar refractivity (Wildman–Crippen MR) is 105 cm³/mol. The van der Waals surface area contributed by atoms with Gasteiger partial charge in [0.25, 0.3) is 5.91 Å². The van der Waals surface area contributed by atoms with Gasteiger partial charge < -0.3 is 4.90 Å². The van der Waals surface area contributed by atoms with Crippen LogP contribution in [0, 0.1) is 5.82 Å². The Balaban J connectivity index is 1.52. The summed E-state index contributed by atoms with van der Waals surface area (Å²) in [5.74, 6) is -0.809. The highest BCUT2D eigenvalue weighted by atomic mass is 32.2. The van der Waals surface area contributed by atoms with Gasteiger partial charge in [0, 0.05) is 32.3 Å². The Kier molecular flexibility index (Phi) is 3.89. The molecule has 3 aromatic rings. The average Bonchev–Trinajstić information content (AvgIpc) is 3.38. The molecule has 1 aromatic heterocycles. The first-order valence-corrected chi connectivity index (χ1v) is 10.8. The van der Waals surface area contributed by atoms with Crippen molar-refractivity contribution in [2.45, 2.75) is 16.1 Å². The smallest absolute Gasteiger partial charge is 0.272 e. The van der Waals surface area contributed by atoms with E-state index in [0.29, 0.717) is 17.1 Å². The number of carbonyl (C=O) groups is 1. The number of likely N-dealkylation sites (tertiary alicyclic amines) is 1. The summed E-state index contributed by atoms with van der Waals surface area (Å²) >= 11 is 0. The fourth-order valence-electron chi connectivity index (χ4n) is 4.38. The highest BCUT2D eigenvalue weighted by molar-refractivity contribution is 7.92. The number of fused-ring (bicyclic) bond motifs is 3. The molecule has 1 amide bonds. The van der Waals surface area contributed by atoms with Crippen LogP contribution in [0.15, 0.2) is 59.6 Å². The van der Waals surface area contributed by atoms with Crippen LogP contribution in [-0.2, 0) is 16.9 Å². The van der Waals surface area contributed by atoms with Gasteiger partial charge in [0.15, 0.2) is 9.84 Å². The first-order chi connectivity index (χ1) is 13.9. The number of aryl methyl sites for hydroxylation is 1. The van der Waals surface area contributed by atoms with Gasteiger partial charge in [-0.3, -0.25) is 9.48 Å². The largest absolute Gasteiger partial charge is 0.335 e. The van der Waals surface area contributed by atoms with Crippen molar-refractivity contribution in [3.63, 3.8) is 0 Å². The fraction of sp³-hybridized carbons (Fsp3) is 0.238. The van der Waals surface area contributed by atoms with Crippen LogP contribution in [-0.4, -0.2) is 47.3 Å². The summed E-state index contributed by atoms with van der Waals surface area (Å²) in [6, 6.07) is 13.0. The molecule has 1 fully saturated rings. The van der Waals surface area contributed by atoms with Crippen molar-refractivity contribution in [1.82, 2.24) is 14.7 Å². The number of hydrogen-bond acceptors (Lipinski definition) is 4. The molecule has 0 radical (unpaired) electrons. The molecule has 2 aliphatic rings. The second-order valence-corrected chi connectivity index (χ2v) is 9.63. The molecule has 0 spiro atoms. The molecule has 0 aliphatic carbocycles. The van der Waals surface area contributed by atoms with Crippen LogP contribution < -0.4 is 0 Å². The molecule has 6 nitrogen and oxygen atoms in total. The lowest BCUT2D eigenvalue weighted by molar-refractivity contribution is 0.0780. The topological polar surface area (TPSA) is 72.3 Å². The van der Waals surface area contributed by atoms with Crippen molar-refractivity contribution in [3.8, 4) is 11.1 Å². The van der Waals surface area contributed by atoms with Crippen LogP contribution in [0.3, 0.4) is 0 Å². The number of amides is 1. The van der Waals surface area contributed by atoms with E-state index in [1.54, 1.807) is 48.5 Å². The third kappa shape index (κ3) is 2.70. The van der Waals surface area contributed by atoms with Crippen molar-refractivity contribution >= 4 is 15.7 Å². The Morgan fingerprint density at radius 2 is 1.79 bits per heavy atom. The van der Waals surface area contributed by atoms with Crippen LogP contribution >= 0.6 is 0 Å². The molecule has 0 bridgehead atoms. The Hall–Kier alpha value is -3.00. The number of benzene rings is 2. The molecular formula is C21H18FN3O3S. The van der Waals surface area contributed by atoms with E-state index in [1.165, 1.54) is 16.8 Å². The van der Waals surface area contributed by atoms with Gasteiger partial charge in [-0.15, -0.1) is 0 Å². The Morgan fingerprint density at radius 3 is 2.48 bits per heavy atom. The van der Waals surface area contributed by atoms with E-state index < -0.39 is 15.1 Å². The second-order valence-electron chi connectivity index (χ2n) is 7.50. The van der Waals surface area contributed by atoms with E-state index in [0.717, 1.165) is 16.7 Å². The first kappa shape index (κ1) is 18.1. The van der Waals surface area contributed by atoms with E-state index >= 15 is 0 Å². The van der Waals surface area contributed by atoms with Crippen LogP contribution in [0.4, 0.5) is 4.39 Å². The standard InChI is InChI=1S/C21H18FN3O3S/c1-24-18(8-9-23-24)21(26)25-11-17-16-10-14(13-2-5-15(22)6-3-13)4-7-19(16)29(27,28)20(17)12-25/h2-10,17,20H,11-12H2,1H3. The minimum atomic E-state index is -3.51. The van der Waals surface area contributed by atoms with Crippen molar-refractivity contribution in [2.24, 2.45) is 7.05 Å². The Bertz CT molecular complexity index is 1230. The molecule has 2 aliphatic heterocycles. The van der Waals surface area contributed by atoms with E-state index in [4.69, 9.17) is 0 Å². The van der Waals surface area contributed by atoms with Gasteiger partial charge in [-0.25, -0.2) is 12.8 Å². The molecule has 2 aromatic carbocycles. The molecule has 3 heterocycles. The summed E-state index contributed by atoms with van der Waals surface area (Å²) in [5, 5.41) is 3.38. The second kappa shape index (κ2) is 6.25. The number of sulfone groups is 1. The van der Waals surface area contributed by atoms with E-state index in [2.05, 4.69) is 5.10 Å². The van der Waals surface area contributed by atoms with E-state index in [-0.39, 0.29) is 24.2 Å². The third-order valence-electron chi connectivity index (χ3n) is 5.89. The van der Waals surface area contributed by atoms with Gasteiger partial charge in [-0.05, 0) is 47.0 Å². The first-order valence-electron chi connectivity index (χ1n) is 9.27. The lowest BCUT2D eigenvalue weighted by Gasteiger charge is -2.18. The zero-order valence-electron chi connectivity index (χ0n) is 15.6. The number of nitrogens with zero attached hydrogens (tertiary/aromatic N) is 3. The maximum atomic E-state index is 13.2. The van der Waals surface area contributed by atoms with Gasteiger partial charge in [-0.1, -0.05) is 18.2 Å². The summed E-state index contributed by atoms with van der Waals surface area (Å²) in [6.45, 7) is 0.505. The van der Waals surface area contributed by atoms with Crippen molar-refractivity contribution in [1.29, 1.82) is 0 Å². The van der Waals surface area contributed by atoms with Gasteiger partial charge in [0.2, 0.25) is 0 Å². The molecule has 148 valence electrons. The number of carbonyl (C=O) groups excluding carboxylic acids is 1. The molecule has 5 rings (SSSR count). The van der Waals surface area contributed by atoms with Crippen molar-refractivity contribution in [2.75, 3.05) is 13.1 Å². The lowest BCUT2D eigenvalue weighted by Crippen LogP contribution is -2.32. The highest BCUT2D eigenvalue weighted by Crippen LogP contribution is 2.46. The number of halogens is 1. The van der Waals surface area contributed by atoms with Gasteiger partial charge >= 0.3 is 0 Å². The molecule has 29 heavy (non-hydrogen) atoms. The summed E-state index contributed by atoms with van der Waals surface area (Å²) in [7, 11) is -1.82. The highest BCUT2D eigenvalue weighted by Gasteiger charge is 2.51. The van der Waals surface area contributed by atoms with E-state index in [9.17, 15) is 17.6 Å². The van der Waals surface area contributed by atoms with Crippen molar-refractivity contribution < 1.29 is 17.6 Å². The maximum Gasteiger partial charge on any atom is 0.272 e. The lowest BCUT2D eigenvalue weighted by atomic mass is 9.94. The minimum absolute atomic E-state index is 0.164. The van der Waals surface area contributed by atoms with E-state index in [1.807, 2.05) is 6.07 Å². The molecular weight excluding hydrogens is 393 g/mol. The Labute approximate surface area is 167 Å². The molecule has 2 unspecified atom stereocenters. The summed E-state index contributed by atoms with van der Waals surface area (Å²) in [5.41, 5.74) is 2.81. The Morgan fingerprint density at radius 1 is 1.07 bits per heavy atom. The van der Waals surface area contributed by atoms with Crippen LogP contribution in [0.5, 0.6) is 0 Å². The zero-order chi connectivity index (χ0) is 20.3. The molecule has 0 saturated carbocycles. The number of aromatic nitrogens is 2. The summed E-state index contributed by atoms with van der Waals surface area (Å²) in [6.07, 6.45) is 1.55. The molecule has 0 N–H and O–H groups in total. The van der Waals surface area contributed by atoms with Crippen LogP contribution in [0.1, 0.15) is 22.0 Å². The minimum Gasteiger partial charge on any atom is -0.335 e. The van der Waals surface area contributed by atoms with Crippen LogP contribution in [0.25, 0.3) is 11.1 Å². The van der Waals surface area contributed by atoms with Crippen molar-refractivity contribution in [3.05, 3.63) is 71.8 Å². The third-order valence-corrected chi connectivity index (χ3v) is 8.14.